The number of ketones is 1. The minimum atomic E-state index is 0.192. The number of carbonyl (C=O) groups excluding carboxylic acids is 1. The van der Waals surface area contributed by atoms with Crippen molar-refractivity contribution in [2.45, 2.75) is 19.8 Å². The van der Waals surface area contributed by atoms with Crippen LogP contribution < -0.4 is 0 Å². The van der Waals surface area contributed by atoms with Gasteiger partial charge in [0, 0.05) is 47.7 Å². The first kappa shape index (κ1) is 19.0. The van der Waals surface area contributed by atoms with Gasteiger partial charge < -0.3 is 4.98 Å². The minimum Gasteiger partial charge on any atom is -0.361 e. The molecule has 31 heavy (non-hydrogen) atoms. The van der Waals surface area contributed by atoms with Crippen molar-refractivity contribution < 1.29 is 4.79 Å². The maximum Gasteiger partial charge on any atom is 0.141 e. The lowest BCUT2D eigenvalue weighted by atomic mass is 10.0. The van der Waals surface area contributed by atoms with E-state index in [-0.39, 0.29) is 5.78 Å². The molecule has 0 aliphatic carbocycles. The molecule has 0 unspecified atom stereocenters. The summed E-state index contributed by atoms with van der Waals surface area (Å²) in [5.41, 5.74) is 7.12. The number of fused-ring (bicyclic) bond motifs is 2. The zero-order chi connectivity index (χ0) is 21.2. The number of aromatic nitrogens is 4. The molecule has 152 valence electrons. The van der Waals surface area contributed by atoms with E-state index < -0.39 is 0 Å². The third-order valence-corrected chi connectivity index (χ3v) is 5.49. The van der Waals surface area contributed by atoms with Gasteiger partial charge in [0.05, 0.1) is 11.2 Å². The zero-order valence-corrected chi connectivity index (χ0v) is 17.2. The fraction of sp³-hybridized carbons (Fsp3) is 0.115. The molecule has 5 heteroatoms. The number of aromatic amines is 2. The average molecular weight is 406 g/mol. The van der Waals surface area contributed by atoms with E-state index in [0.29, 0.717) is 12.8 Å². The summed E-state index contributed by atoms with van der Waals surface area (Å²) in [5, 5.41) is 9.59. The summed E-state index contributed by atoms with van der Waals surface area (Å²) in [7, 11) is 0. The van der Waals surface area contributed by atoms with Crippen LogP contribution in [0.5, 0.6) is 0 Å². The molecule has 0 bridgehead atoms. The second-order valence-corrected chi connectivity index (χ2v) is 7.86. The third-order valence-electron chi connectivity index (χ3n) is 5.49. The van der Waals surface area contributed by atoms with Crippen LogP contribution in [0, 0.1) is 6.92 Å². The molecule has 0 aliphatic heterocycles. The number of benzene rings is 2. The van der Waals surface area contributed by atoms with Crippen molar-refractivity contribution >= 4 is 39.7 Å². The van der Waals surface area contributed by atoms with Crippen molar-refractivity contribution in [1.82, 2.24) is 20.2 Å². The molecule has 0 spiro atoms. The van der Waals surface area contributed by atoms with E-state index in [9.17, 15) is 4.79 Å². The first-order valence-electron chi connectivity index (χ1n) is 10.3. The maximum absolute atomic E-state index is 12.8. The highest BCUT2D eigenvalue weighted by atomic mass is 16.1. The highest BCUT2D eigenvalue weighted by Gasteiger charge is 2.11. The summed E-state index contributed by atoms with van der Waals surface area (Å²) in [6.45, 7) is 2.07. The summed E-state index contributed by atoms with van der Waals surface area (Å²) in [6, 6.07) is 16.2. The normalized spacial score (nSPS) is 11.6. The van der Waals surface area contributed by atoms with Crippen LogP contribution in [0.4, 0.5) is 0 Å². The van der Waals surface area contributed by atoms with Gasteiger partial charge in [-0.15, -0.1) is 0 Å². The monoisotopic (exact) mass is 406 g/mol. The Morgan fingerprint density at radius 1 is 1.03 bits per heavy atom. The van der Waals surface area contributed by atoms with E-state index in [0.717, 1.165) is 44.2 Å². The van der Waals surface area contributed by atoms with Gasteiger partial charge in [-0.05, 0) is 60.0 Å². The fourth-order valence-corrected chi connectivity index (χ4v) is 3.91. The van der Waals surface area contributed by atoms with Crippen LogP contribution in [-0.4, -0.2) is 25.9 Å². The van der Waals surface area contributed by atoms with Gasteiger partial charge in [0.1, 0.15) is 5.78 Å². The van der Waals surface area contributed by atoms with Gasteiger partial charge in [0.2, 0.25) is 0 Å². The van der Waals surface area contributed by atoms with Gasteiger partial charge in [-0.3, -0.25) is 14.9 Å². The minimum absolute atomic E-state index is 0.192. The SMILES string of the molecule is Cc1ccc2[nH]cc(CC(=O)Cc3ccc4n[nH]c(/C=C/c5cccnc5)c4c3)c2c1. The molecular formula is C26H22N4O. The van der Waals surface area contributed by atoms with Crippen molar-refractivity contribution in [3.8, 4) is 0 Å². The summed E-state index contributed by atoms with van der Waals surface area (Å²) < 4.78 is 0. The Morgan fingerprint density at radius 2 is 1.97 bits per heavy atom. The molecule has 3 heterocycles. The number of nitrogens with zero attached hydrogens (tertiary/aromatic N) is 2. The Hall–Kier alpha value is -3.99. The molecule has 0 fully saturated rings. The van der Waals surface area contributed by atoms with E-state index >= 15 is 0 Å². The van der Waals surface area contributed by atoms with Gasteiger partial charge in [0.25, 0.3) is 0 Å². The van der Waals surface area contributed by atoms with Crippen LogP contribution in [0.15, 0.2) is 67.1 Å². The van der Waals surface area contributed by atoms with Gasteiger partial charge >= 0.3 is 0 Å². The first-order chi connectivity index (χ1) is 15.2. The Balaban J connectivity index is 1.36. The first-order valence-corrected chi connectivity index (χ1v) is 10.3. The van der Waals surface area contributed by atoms with Crippen LogP contribution in [0.1, 0.15) is 27.9 Å². The van der Waals surface area contributed by atoms with Gasteiger partial charge in [0.15, 0.2) is 0 Å². The average Bonchev–Trinajstić information content (AvgIpc) is 3.36. The molecule has 0 saturated heterocycles. The Morgan fingerprint density at radius 3 is 2.84 bits per heavy atom. The van der Waals surface area contributed by atoms with Gasteiger partial charge in [-0.2, -0.15) is 5.10 Å². The van der Waals surface area contributed by atoms with E-state index in [1.165, 1.54) is 5.56 Å². The van der Waals surface area contributed by atoms with Crippen LogP contribution in [0.2, 0.25) is 0 Å². The van der Waals surface area contributed by atoms with E-state index in [1.807, 2.05) is 48.8 Å². The number of hydrogen-bond acceptors (Lipinski definition) is 3. The van der Waals surface area contributed by atoms with Crippen LogP contribution >= 0.6 is 0 Å². The number of rotatable bonds is 6. The van der Waals surface area contributed by atoms with Crippen molar-refractivity contribution in [2.75, 3.05) is 0 Å². The Bertz CT molecular complexity index is 1410. The van der Waals surface area contributed by atoms with E-state index in [2.05, 4.69) is 51.4 Å². The van der Waals surface area contributed by atoms with E-state index in [1.54, 1.807) is 6.20 Å². The van der Waals surface area contributed by atoms with Crippen molar-refractivity contribution in [3.05, 3.63) is 95.1 Å². The van der Waals surface area contributed by atoms with Crippen molar-refractivity contribution in [2.24, 2.45) is 0 Å². The third kappa shape index (κ3) is 4.03. The maximum atomic E-state index is 12.8. The number of Topliss-reactive ketones (excluding diaryl/α,β-unsaturated/α-hetero) is 1. The molecular weight excluding hydrogens is 384 g/mol. The number of carbonyl (C=O) groups is 1. The molecule has 0 aliphatic rings. The zero-order valence-electron chi connectivity index (χ0n) is 17.2. The molecule has 0 saturated carbocycles. The second-order valence-electron chi connectivity index (χ2n) is 7.86. The van der Waals surface area contributed by atoms with Crippen LogP contribution in [0.25, 0.3) is 34.0 Å². The lowest BCUT2D eigenvalue weighted by Crippen LogP contribution is -2.06. The molecule has 2 aromatic carbocycles. The number of pyridine rings is 1. The lowest BCUT2D eigenvalue weighted by molar-refractivity contribution is -0.117. The predicted molar refractivity (Wildman–Crippen MR) is 125 cm³/mol. The van der Waals surface area contributed by atoms with Gasteiger partial charge in [-0.1, -0.05) is 29.8 Å². The predicted octanol–water partition coefficient (Wildman–Crippen LogP) is 5.27. The Labute approximate surface area is 179 Å². The molecule has 5 nitrogen and oxygen atoms in total. The molecule has 0 radical (unpaired) electrons. The topological polar surface area (TPSA) is 74.4 Å². The largest absolute Gasteiger partial charge is 0.361 e. The second kappa shape index (κ2) is 8.03. The lowest BCUT2D eigenvalue weighted by Gasteiger charge is -2.03. The molecule has 3 aromatic heterocycles. The van der Waals surface area contributed by atoms with Crippen molar-refractivity contribution in [3.63, 3.8) is 0 Å². The van der Waals surface area contributed by atoms with Crippen molar-refractivity contribution in [1.29, 1.82) is 0 Å². The number of nitrogens with one attached hydrogen (secondary N) is 2. The quantitative estimate of drug-likeness (QED) is 0.403. The molecule has 0 atom stereocenters. The number of H-pyrrole nitrogens is 2. The highest BCUT2D eigenvalue weighted by Crippen LogP contribution is 2.23. The molecule has 5 aromatic rings. The Kier molecular flexibility index (Phi) is 4.92. The standard InChI is InChI=1S/C26H22N4O/c1-17-4-7-24-22(11-17)20(16-28-24)14-21(31)12-19-6-9-26-23(13-19)25(29-30-26)8-5-18-3-2-10-27-15-18/h2-11,13,15-16,28H,12,14H2,1H3,(H,29,30)/b8-5+. The van der Waals surface area contributed by atoms with Crippen LogP contribution in [0.3, 0.4) is 0 Å². The van der Waals surface area contributed by atoms with E-state index in [4.69, 9.17) is 0 Å². The molecule has 5 rings (SSSR count). The molecule has 0 amide bonds. The summed E-state index contributed by atoms with van der Waals surface area (Å²) in [5.74, 6) is 0.192. The number of hydrogen-bond donors (Lipinski definition) is 2. The highest BCUT2D eigenvalue weighted by molar-refractivity contribution is 5.93. The smallest absolute Gasteiger partial charge is 0.141 e. The summed E-state index contributed by atoms with van der Waals surface area (Å²) >= 11 is 0. The number of aryl methyl sites for hydroxylation is 1. The fourth-order valence-electron chi connectivity index (χ4n) is 3.91. The summed E-state index contributed by atoms with van der Waals surface area (Å²) in [6.07, 6.45) is 10.3. The van der Waals surface area contributed by atoms with Crippen LogP contribution in [-0.2, 0) is 17.6 Å². The summed E-state index contributed by atoms with van der Waals surface area (Å²) in [4.78, 5) is 20.2. The molecule has 2 N–H and O–H groups in total. The van der Waals surface area contributed by atoms with Gasteiger partial charge in [-0.25, -0.2) is 0 Å².